The third kappa shape index (κ3) is 4.29. The Hall–Kier alpha value is -1.47. The lowest BCUT2D eigenvalue weighted by Crippen LogP contribution is -2.45. The van der Waals surface area contributed by atoms with Crippen molar-refractivity contribution in [1.29, 1.82) is 0 Å². The van der Waals surface area contributed by atoms with E-state index < -0.39 is 17.9 Å². The van der Waals surface area contributed by atoms with Gasteiger partial charge in [-0.3, -0.25) is 4.79 Å². The Balaban J connectivity index is 2.73. The predicted octanol–water partition coefficient (Wildman–Crippen LogP) is 1.52. The van der Waals surface area contributed by atoms with Crippen LogP contribution in [0.2, 0.25) is 0 Å². The van der Waals surface area contributed by atoms with Gasteiger partial charge in [-0.25, -0.2) is 9.78 Å². The molecular weight excluding hydrogens is 268 g/mol. The first-order valence-electron chi connectivity index (χ1n) is 5.96. The number of ether oxygens (including phenoxy) is 1. The summed E-state index contributed by atoms with van der Waals surface area (Å²) in [7, 11) is 1.55. The van der Waals surface area contributed by atoms with Crippen LogP contribution in [0.3, 0.4) is 0 Å². The maximum absolute atomic E-state index is 11.9. The normalized spacial score (nSPS) is 13.8. The van der Waals surface area contributed by atoms with Gasteiger partial charge in [-0.15, -0.1) is 11.3 Å². The van der Waals surface area contributed by atoms with Gasteiger partial charge in [-0.1, -0.05) is 20.3 Å². The fourth-order valence-electron chi connectivity index (χ4n) is 1.50. The molecule has 0 saturated heterocycles. The predicted molar refractivity (Wildman–Crippen MR) is 71.2 cm³/mol. The minimum Gasteiger partial charge on any atom is -0.480 e. The highest BCUT2D eigenvalue weighted by molar-refractivity contribution is 7.09. The fourth-order valence-corrected chi connectivity index (χ4v) is 2.25. The third-order valence-corrected chi connectivity index (χ3v) is 3.64. The number of thiazole rings is 1. The molecule has 2 atom stereocenters. The van der Waals surface area contributed by atoms with Crippen molar-refractivity contribution in [2.75, 3.05) is 7.11 Å². The van der Waals surface area contributed by atoms with Crippen LogP contribution in [-0.2, 0) is 16.1 Å². The number of aliphatic carboxylic acids is 1. The first-order chi connectivity index (χ1) is 8.99. The largest absolute Gasteiger partial charge is 0.480 e. The van der Waals surface area contributed by atoms with E-state index in [2.05, 4.69) is 10.3 Å². The van der Waals surface area contributed by atoms with Gasteiger partial charge in [0.2, 0.25) is 0 Å². The van der Waals surface area contributed by atoms with Crippen molar-refractivity contribution in [2.24, 2.45) is 5.92 Å². The van der Waals surface area contributed by atoms with Gasteiger partial charge in [0, 0.05) is 12.5 Å². The van der Waals surface area contributed by atoms with Crippen molar-refractivity contribution >= 4 is 23.2 Å². The molecule has 1 aromatic heterocycles. The van der Waals surface area contributed by atoms with E-state index in [-0.39, 0.29) is 11.6 Å². The molecule has 0 unspecified atom stereocenters. The van der Waals surface area contributed by atoms with Gasteiger partial charge < -0.3 is 15.2 Å². The number of carbonyl (C=O) groups is 2. The lowest BCUT2D eigenvalue weighted by Gasteiger charge is -2.19. The highest BCUT2D eigenvalue weighted by atomic mass is 32.1. The summed E-state index contributed by atoms with van der Waals surface area (Å²) in [6.07, 6.45) is 0.670. The molecule has 1 amide bonds. The third-order valence-electron chi connectivity index (χ3n) is 2.82. The molecule has 1 aromatic rings. The summed E-state index contributed by atoms with van der Waals surface area (Å²) in [5.41, 5.74) is 0.228. The Morgan fingerprint density at radius 2 is 2.26 bits per heavy atom. The van der Waals surface area contributed by atoms with E-state index in [1.54, 1.807) is 19.4 Å². The van der Waals surface area contributed by atoms with Crippen LogP contribution in [-0.4, -0.2) is 35.1 Å². The molecule has 1 heterocycles. The maximum Gasteiger partial charge on any atom is 0.326 e. The molecule has 0 aliphatic carbocycles. The number of hydrogen-bond donors (Lipinski definition) is 2. The maximum atomic E-state index is 11.9. The fraction of sp³-hybridized carbons (Fsp3) is 0.583. The van der Waals surface area contributed by atoms with Gasteiger partial charge in [0.15, 0.2) is 0 Å². The zero-order chi connectivity index (χ0) is 14.4. The van der Waals surface area contributed by atoms with E-state index in [0.717, 1.165) is 0 Å². The molecule has 0 fully saturated rings. The highest BCUT2D eigenvalue weighted by Gasteiger charge is 2.26. The minimum atomic E-state index is -1.03. The zero-order valence-electron chi connectivity index (χ0n) is 11.2. The van der Waals surface area contributed by atoms with E-state index in [1.807, 2.05) is 6.92 Å². The number of nitrogens with one attached hydrogen (secondary N) is 1. The van der Waals surface area contributed by atoms with Gasteiger partial charge in [0.05, 0.1) is 6.61 Å². The molecule has 0 aliphatic rings. The Morgan fingerprint density at radius 1 is 1.58 bits per heavy atom. The van der Waals surface area contributed by atoms with Crippen molar-refractivity contribution < 1.29 is 19.4 Å². The van der Waals surface area contributed by atoms with Gasteiger partial charge >= 0.3 is 5.97 Å². The Labute approximate surface area is 115 Å². The first-order valence-corrected chi connectivity index (χ1v) is 6.84. The van der Waals surface area contributed by atoms with Crippen LogP contribution >= 0.6 is 11.3 Å². The summed E-state index contributed by atoms with van der Waals surface area (Å²) >= 11 is 1.31. The molecule has 0 bridgehead atoms. The molecule has 2 N–H and O–H groups in total. The van der Waals surface area contributed by atoms with E-state index in [1.165, 1.54) is 11.3 Å². The van der Waals surface area contributed by atoms with Crippen LogP contribution < -0.4 is 5.32 Å². The molecule has 106 valence electrons. The average Bonchev–Trinajstić information content (AvgIpc) is 2.83. The first kappa shape index (κ1) is 15.6. The Bertz CT molecular complexity index is 447. The summed E-state index contributed by atoms with van der Waals surface area (Å²) in [5.74, 6) is -1.64. The molecule has 6 nitrogen and oxygen atoms in total. The number of amides is 1. The second-order valence-electron chi connectivity index (χ2n) is 4.23. The van der Waals surface area contributed by atoms with Crippen molar-refractivity contribution in [3.8, 4) is 0 Å². The quantitative estimate of drug-likeness (QED) is 0.793. The molecule has 0 aromatic carbocycles. The van der Waals surface area contributed by atoms with E-state index >= 15 is 0 Å². The smallest absolute Gasteiger partial charge is 0.326 e. The van der Waals surface area contributed by atoms with Gasteiger partial charge in [0.25, 0.3) is 5.91 Å². The minimum absolute atomic E-state index is 0.140. The van der Waals surface area contributed by atoms with Gasteiger partial charge in [0.1, 0.15) is 16.7 Å². The number of carboxylic acid groups (broad SMARTS) is 1. The average molecular weight is 286 g/mol. The Kier molecular flexibility index (Phi) is 5.91. The summed E-state index contributed by atoms with van der Waals surface area (Å²) in [5, 5.41) is 13.9. The van der Waals surface area contributed by atoms with Crippen molar-refractivity contribution in [2.45, 2.75) is 32.9 Å². The monoisotopic (exact) mass is 286 g/mol. The van der Waals surface area contributed by atoms with Crippen LogP contribution in [0.4, 0.5) is 0 Å². The molecular formula is C12H18N2O4S. The number of hydrogen-bond acceptors (Lipinski definition) is 5. The highest BCUT2D eigenvalue weighted by Crippen LogP contribution is 2.13. The van der Waals surface area contributed by atoms with Crippen LogP contribution in [0.25, 0.3) is 0 Å². The zero-order valence-corrected chi connectivity index (χ0v) is 12.0. The lowest BCUT2D eigenvalue weighted by atomic mass is 9.99. The van der Waals surface area contributed by atoms with Gasteiger partial charge in [-0.2, -0.15) is 0 Å². The summed E-state index contributed by atoms with van der Waals surface area (Å²) in [6, 6.07) is -0.898. The molecule has 19 heavy (non-hydrogen) atoms. The van der Waals surface area contributed by atoms with Crippen molar-refractivity contribution in [1.82, 2.24) is 10.3 Å². The SMILES string of the molecule is CC[C@H](C)[C@H](NC(=O)c1csc(COC)n1)C(=O)O. The lowest BCUT2D eigenvalue weighted by molar-refractivity contribution is -0.140. The van der Waals surface area contributed by atoms with E-state index in [0.29, 0.717) is 18.0 Å². The number of methoxy groups -OCH3 is 1. The Morgan fingerprint density at radius 3 is 2.79 bits per heavy atom. The molecule has 1 rings (SSSR count). The second kappa shape index (κ2) is 7.20. The van der Waals surface area contributed by atoms with Crippen molar-refractivity contribution in [3.63, 3.8) is 0 Å². The van der Waals surface area contributed by atoms with Gasteiger partial charge in [-0.05, 0) is 5.92 Å². The molecule has 0 saturated carbocycles. The van der Waals surface area contributed by atoms with Crippen LogP contribution in [0.5, 0.6) is 0 Å². The van der Waals surface area contributed by atoms with Crippen LogP contribution in [0.1, 0.15) is 35.8 Å². The second-order valence-corrected chi connectivity index (χ2v) is 5.18. The summed E-state index contributed by atoms with van der Waals surface area (Å²) in [6.45, 7) is 4.01. The van der Waals surface area contributed by atoms with E-state index in [9.17, 15) is 9.59 Å². The van der Waals surface area contributed by atoms with Crippen LogP contribution in [0, 0.1) is 5.92 Å². The number of aromatic nitrogens is 1. The molecule has 0 radical (unpaired) electrons. The summed E-state index contributed by atoms with van der Waals surface area (Å²) in [4.78, 5) is 27.1. The topological polar surface area (TPSA) is 88.5 Å². The molecule has 0 aliphatic heterocycles. The molecule has 0 spiro atoms. The number of carbonyl (C=O) groups excluding carboxylic acids is 1. The standard InChI is InChI=1S/C12H18N2O4S/c1-4-7(2)10(12(16)17)14-11(15)8-6-19-9(13-8)5-18-3/h6-7,10H,4-5H2,1-3H3,(H,14,15)(H,16,17)/t7-,10-/m0/s1. The van der Waals surface area contributed by atoms with E-state index in [4.69, 9.17) is 9.84 Å². The summed E-state index contributed by atoms with van der Waals surface area (Å²) < 4.78 is 4.92. The number of carboxylic acids is 1. The molecule has 7 heteroatoms. The number of rotatable bonds is 7. The van der Waals surface area contributed by atoms with Crippen molar-refractivity contribution in [3.05, 3.63) is 16.1 Å². The van der Waals surface area contributed by atoms with Crippen LogP contribution in [0.15, 0.2) is 5.38 Å². The number of nitrogens with zero attached hydrogens (tertiary/aromatic N) is 1.